The molecular formula is C8H8O3. The number of carbonyl (C=O) groups is 2. The van der Waals surface area contributed by atoms with Gasteiger partial charge >= 0.3 is 0 Å². The molecule has 0 unspecified atom stereocenters. The van der Waals surface area contributed by atoms with Crippen molar-refractivity contribution in [1.82, 2.24) is 0 Å². The van der Waals surface area contributed by atoms with E-state index < -0.39 is 12.2 Å². The topological polar surface area (TPSA) is 43.4 Å². The van der Waals surface area contributed by atoms with Crippen LogP contribution >= 0.6 is 0 Å². The van der Waals surface area contributed by atoms with Crippen molar-refractivity contribution in [1.29, 1.82) is 0 Å². The van der Waals surface area contributed by atoms with Crippen LogP contribution in [-0.4, -0.2) is 24.8 Å². The summed E-state index contributed by atoms with van der Waals surface area (Å²) in [4.78, 5) is 20.5. The largest absolute Gasteiger partial charge is 0.352 e. The summed E-state index contributed by atoms with van der Waals surface area (Å²) in [6, 6.07) is 0. The van der Waals surface area contributed by atoms with Crippen LogP contribution < -0.4 is 0 Å². The van der Waals surface area contributed by atoms with E-state index in [4.69, 9.17) is 4.74 Å². The Labute approximate surface area is 64.3 Å². The second-order valence-electron chi connectivity index (χ2n) is 2.11. The summed E-state index contributed by atoms with van der Waals surface area (Å²) in [6.07, 6.45) is 6.66. The molecule has 0 bridgehead atoms. The molecule has 0 spiro atoms. The summed E-state index contributed by atoms with van der Waals surface area (Å²) in [5.41, 5.74) is 0. The van der Waals surface area contributed by atoms with Gasteiger partial charge in [-0.2, -0.15) is 0 Å². The maximum absolute atomic E-state index is 10.3. The predicted molar refractivity (Wildman–Crippen MR) is 39.1 cm³/mol. The Morgan fingerprint density at radius 3 is 1.82 bits per heavy atom. The molecule has 1 aliphatic rings. The normalized spacial score (nSPS) is 29.5. The summed E-state index contributed by atoms with van der Waals surface area (Å²) >= 11 is 0. The Hall–Kier alpha value is -1.22. The summed E-state index contributed by atoms with van der Waals surface area (Å²) in [6.45, 7) is 0. The van der Waals surface area contributed by atoms with Crippen LogP contribution in [0.2, 0.25) is 0 Å². The van der Waals surface area contributed by atoms with E-state index in [0.29, 0.717) is 12.6 Å². The van der Waals surface area contributed by atoms with E-state index in [9.17, 15) is 9.59 Å². The van der Waals surface area contributed by atoms with Gasteiger partial charge in [0.05, 0.1) is 0 Å². The quantitative estimate of drug-likeness (QED) is 0.533. The van der Waals surface area contributed by atoms with Gasteiger partial charge in [-0.1, -0.05) is 12.2 Å². The van der Waals surface area contributed by atoms with Gasteiger partial charge < -0.3 is 14.3 Å². The van der Waals surface area contributed by atoms with Gasteiger partial charge in [-0.05, 0) is 12.2 Å². The molecule has 0 aliphatic carbocycles. The lowest BCUT2D eigenvalue weighted by molar-refractivity contribution is -0.123. The Bertz CT molecular complexity index is 183. The minimum absolute atomic E-state index is 0.597. The third-order valence-corrected chi connectivity index (χ3v) is 1.30. The standard InChI is InChI=1S/C8H8O3/c9-5-7-3-1-2-4-8(6-10)11-7/h1-8H/t7-,8+. The fraction of sp³-hybridized carbons (Fsp3) is 0.250. The molecule has 2 atom stereocenters. The van der Waals surface area contributed by atoms with Crippen LogP contribution in [0.1, 0.15) is 0 Å². The number of rotatable bonds is 2. The van der Waals surface area contributed by atoms with E-state index >= 15 is 0 Å². The molecule has 3 heteroatoms. The van der Waals surface area contributed by atoms with E-state index in [0.717, 1.165) is 0 Å². The molecule has 0 aromatic heterocycles. The first-order valence-corrected chi connectivity index (χ1v) is 3.28. The van der Waals surface area contributed by atoms with Crippen LogP contribution in [-0.2, 0) is 14.3 Å². The summed E-state index contributed by atoms with van der Waals surface area (Å²) in [5, 5.41) is 0. The molecule has 0 radical (unpaired) electrons. The molecule has 0 amide bonds. The molecule has 1 rings (SSSR count). The molecule has 1 aliphatic heterocycles. The van der Waals surface area contributed by atoms with Crippen LogP contribution in [0.5, 0.6) is 0 Å². The first-order valence-electron chi connectivity index (χ1n) is 3.28. The van der Waals surface area contributed by atoms with Crippen LogP contribution in [0, 0.1) is 0 Å². The molecule has 0 aromatic carbocycles. The average molecular weight is 152 g/mol. The molecule has 0 saturated heterocycles. The second kappa shape index (κ2) is 3.83. The van der Waals surface area contributed by atoms with Gasteiger partial charge in [0.1, 0.15) is 12.2 Å². The number of allylic oxidation sites excluding steroid dienone is 2. The molecule has 0 aromatic rings. The molecule has 58 valence electrons. The SMILES string of the molecule is O=C[C@@H]1C=CC=C[C@H](C=O)O1. The fourth-order valence-corrected chi connectivity index (χ4v) is 0.774. The zero-order valence-electron chi connectivity index (χ0n) is 5.84. The molecule has 0 saturated carbocycles. The molecule has 11 heavy (non-hydrogen) atoms. The third kappa shape index (κ3) is 2.13. The van der Waals surface area contributed by atoms with Gasteiger partial charge in [-0.25, -0.2) is 0 Å². The van der Waals surface area contributed by atoms with Crippen LogP contribution in [0.15, 0.2) is 24.3 Å². The Balaban J connectivity index is 2.64. The van der Waals surface area contributed by atoms with Crippen molar-refractivity contribution < 1.29 is 14.3 Å². The van der Waals surface area contributed by atoms with E-state index in [2.05, 4.69) is 0 Å². The van der Waals surface area contributed by atoms with Crippen molar-refractivity contribution in [2.45, 2.75) is 12.2 Å². The number of aldehydes is 2. The first kappa shape index (κ1) is 7.88. The van der Waals surface area contributed by atoms with Crippen LogP contribution in [0.25, 0.3) is 0 Å². The highest BCUT2D eigenvalue weighted by atomic mass is 16.5. The van der Waals surface area contributed by atoms with Crippen molar-refractivity contribution >= 4 is 12.6 Å². The van der Waals surface area contributed by atoms with Crippen LogP contribution in [0.3, 0.4) is 0 Å². The van der Waals surface area contributed by atoms with Crippen molar-refractivity contribution in [2.75, 3.05) is 0 Å². The molecular weight excluding hydrogens is 144 g/mol. The monoisotopic (exact) mass is 152 g/mol. The molecule has 3 nitrogen and oxygen atoms in total. The van der Waals surface area contributed by atoms with Gasteiger partial charge in [0.15, 0.2) is 12.6 Å². The molecule has 0 fully saturated rings. The van der Waals surface area contributed by atoms with Crippen molar-refractivity contribution in [3.05, 3.63) is 24.3 Å². The van der Waals surface area contributed by atoms with E-state index in [1.54, 1.807) is 24.3 Å². The second-order valence-corrected chi connectivity index (χ2v) is 2.11. The number of hydrogen-bond acceptors (Lipinski definition) is 3. The van der Waals surface area contributed by atoms with Gasteiger partial charge in [0.2, 0.25) is 0 Å². The van der Waals surface area contributed by atoms with Gasteiger partial charge in [-0.15, -0.1) is 0 Å². The Kier molecular flexibility index (Phi) is 2.74. The fourth-order valence-electron chi connectivity index (χ4n) is 0.774. The molecule has 0 N–H and O–H groups in total. The Morgan fingerprint density at radius 2 is 1.45 bits per heavy atom. The third-order valence-electron chi connectivity index (χ3n) is 1.30. The zero-order chi connectivity index (χ0) is 8.10. The van der Waals surface area contributed by atoms with E-state index in [1.807, 2.05) is 0 Å². The number of hydrogen-bond donors (Lipinski definition) is 0. The van der Waals surface area contributed by atoms with Gasteiger partial charge in [0.25, 0.3) is 0 Å². The highest BCUT2D eigenvalue weighted by Gasteiger charge is 2.11. The van der Waals surface area contributed by atoms with Crippen LogP contribution in [0.4, 0.5) is 0 Å². The zero-order valence-corrected chi connectivity index (χ0v) is 5.84. The average Bonchev–Trinajstić information content (AvgIpc) is 2.28. The van der Waals surface area contributed by atoms with Crippen molar-refractivity contribution in [3.63, 3.8) is 0 Å². The van der Waals surface area contributed by atoms with E-state index in [1.165, 1.54) is 0 Å². The van der Waals surface area contributed by atoms with Crippen molar-refractivity contribution in [2.24, 2.45) is 0 Å². The summed E-state index contributed by atoms with van der Waals surface area (Å²) in [7, 11) is 0. The maximum Gasteiger partial charge on any atom is 0.152 e. The Morgan fingerprint density at radius 1 is 1.00 bits per heavy atom. The van der Waals surface area contributed by atoms with E-state index in [-0.39, 0.29) is 0 Å². The number of ether oxygens (including phenoxy) is 1. The summed E-state index contributed by atoms with van der Waals surface area (Å²) in [5.74, 6) is 0. The summed E-state index contributed by atoms with van der Waals surface area (Å²) < 4.78 is 5.00. The highest BCUT2D eigenvalue weighted by molar-refractivity contribution is 5.64. The smallest absolute Gasteiger partial charge is 0.152 e. The minimum Gasteiger partial charge on any atom is -0.352 e. The molecule has 1 heterocycles. The lowest BCUT2D eigenvalue weighted by Crippen LogP contribution is -2.20. The van der Waals surface area contributed by atoms with Gasteiger partial charge in [0, 0.05) is 0 Å². The first-order chi connectivity index (χ1) is 5.36. The lowest BCUT2D eigenvalue weighted by atomic mass is 10.3. The minimum atomic E-state index is -0.597. The van der Waals surface area contributed by atoms with Crippen molar-refractivity contribution in [3.8, 4) is 0 Å². The maximum atomic E-state index is 10.3. The lowest BCUT2D eigenvalue weighted by Gasteiger charge is -2.08. The van der Waals surface area contributed by atoms with Gasteiger partial charge in [-0.3, -0.25) is 0 Å². The predicted octanol–water partition coefficient (Wildman–Crippen LogP) is 0.264. The number of carbonyl (C=O) groups excluding carboxylic acids is 2. The highest BCUT2D eigenvalue weighted by Crippen LogP contribution is 2.02.